The zero-order valence-corrected chi connectivity index (χ0v) is 26.9. The Hall–Kier alpha value is -3.38. The molecule has 1 saturated carbocycles. The van der Waals surface area contributed by atoms with Gasteiger partial charge in [0.05, 0.1) is 16.1 Å². The quantitative estimate of drug-likeness (QED) is 0.252. The van der Waals surface area contributed by atoms with E-state index in [9.17, 15) is 31.2 Å². The van der Waals surface area contributed by atoms with Gasteiger partial charge in [0.2, 0.25) is 11.8 Å². The fraction of sp³-hybridized carbons (Fsp3) is 0.375. The topological polar surface area (TPSA) is 86.8 Å². The van der Waals surface area contributed by atoms with Gasteiger partial charge >= 0.3 is 6.18 Å². The van der Waals surface area contributed by atoms with Gasteiger partial charge in [-0.2, -0.15) is 13.2 Å². The summed E-state index contributed by atoms with van der Waals surface area (Å²) >= 11 is 3.41. The summed E-state index contributed by atoms with van der Waals surface area (Å²) < 4.78 is 70.2. The molecule has 1 aliphatic rings. The molecule has 3 aromatic carbocycles. The molecule has 0 heterocycles. The third-order valence-electron chi connectivity index (χ3n) is 7.71. The van der Waals surface area contributed by atoms with Gasteiger partial charge in [-0.15, -0.1) is 0 Å². The molecule has 2 amide bonds. The van der Waals surface area contributed by atoms with E-state index in [0.29, 0.717) is 15.9 Å². The highest BCUT2D eigenvalue weighted by Gasteiger charge is 2.35. The van der Waals surface area contributed by atoms with Crippen LogP contribution in [-0.4, -0.2) is 43.8 Å². The number of carbonyl (C=O) groups is 2. The highest BCUT2D eigenvalue weighted by Crippen LogP contribution is 2.33. The number of nitrogens with zero attached hydrogens (tertiary/aromatic N) is 2. The van der Waals surface area contributed by atoms with E-state index >= 15 is 0 Å². The lowest BCUT2D eigenvalue weighted by Crippen LogP contribution is -2.53. The molecule has 0 saturated heterocycles. The van der Waals surface area contributed by atoms with Crippen molar-refractivity contribution in [2.45, 2.75) is 75.7 Å². The van der Waals surface area contributed by atoms with Crippen LogP contribution in [0.4, 0.5) is 18.9 Å². The second-order valence-corrected chi connectivity index (χ2v) is 13.8. The fourth-order valence-electron chi connectivity index (χ4n) is 5.19. The molecular formula is C32H35BrF3N3O4S. The Kier molecular flexibility index (Phi) is 10.8. The maximum absolute atomic E-state index is 14.1. The van der Waals surface area contributed by atoms with E-state index in [4.69, 9.17) is 0 Å². The number of amides is 2. The Morgan fingerprint density at radius 3 is 2.27 bits per heavy atom. The molecule has 0 spiro atoms. The number of rotatable bonds is 10. The van der Waals surface area contributed by atoms with Crippen LogP contribution in [-0.2, 0) is 32.3 Å². The van der Waals surface area contributed by atoms with Crippen LogP contribution < -0.4 is 9.62 Å². The van der Waals surface area contributed by atoms with Crippen LogP contribution in [0.5, 0.6) is 0 Å². The summed E-state index contributed by atoms with van der Waals surface area (Å²) in [4.78, 5) is 28.6. The molecule has 0 bridgehead atoms. The van der Waals surface area contributed by atoms with Gasteiger partial charge < -0.3 is 10.2 Å². The Bertz CT molecular complexity index is 1580. The summed E-state index contributed by atoms with van der Waals surface area (Å²) in [7, 11) is -4.50. The molecule has 4 rings (SSSR count). The molecular weight excluding hydrogens is 659 g/mol. The normalized spacial score (nSPS) is 15.0. The second kappa shape index (κ2) is 14.2. The fourth-order valence-corrected chi connectivity index (χ4v) is 7.04. The molecule has 1 fully saturated rings. The third kappa shape index (κ3) is 8.41. The van der Waals surface area contributed by atoms with Crippen molar-refractivity contribution in [2.24, 2.45) is 0 Å². The molecule has 7 nitrogen and oxygen atoms in total. The van der Waals surface area contributed by atoms with Crippen LogP contribution in [0.2, 0.25) is 0 Å². The van der Waals surface area contributed by atoms with Crippen molar-refractivity contribution in [2.75, 3.05) is 10.8 Å². The van der Waals surface area contributed by atoms with Crippen molar-refractivity contribution in [3.63, 3.8) is 0 Å². The van der Waals surface area contributed by atoms with Gasteiger partial charge in [-0.05, 0) is 74.7 Å². The van der Waals surface area contributed by atoms with Crippen molar-refractivity contribution in [1.29, 1.82) is 0 Å². The summed E-state index contributed by atoms with van der Waals surface area (Å²) in [6, 6.07) is 15.8. The number of benzene rings is 3. The molecule has 44 heavy (non-hydrogen) atoms. The predicted octanol–water partition coefficient (Wildman–Crippen LogP) is 6.84. The Morgan fingerprint density at radius 1 is 0.977 bits per heavy atom. The molecule has 1 aliphatic carbocycles. The van der Waals surface area contributed by atoms with E-state index in [-0.39, 0.29) is 29.1 Å². The summed E-state index contributed by atoms with van der Waals surface area (Å²) in [6.45, 7) is 2.48. The summed E-state index contributed by atoms with van der Waals surface area (Å²) in [5, 5.41) is 3.02. The van der Waals surface area contributed by atoms with Gasteiger partial charge in [0.15, 0.2) is 0 Å². The number of hydrogen-bond donors (Lipinski definition) is 1. The maximum atomic E-state index is 14.1. The first-order valence-corrected chi connectivity index (χ1v) is 16.6. The van der Waals surface area contributed by atoms with E-state index < -0.39 is 40.3 Å². The van der Waals surface area contributed by atoms with Gasteiger partial charge in [-0.3, -0.25) is 13.9 Å². The largest absolute Gasteiger partial charge is 0.416 e. The molecule has 3 aromatic rings. The van der Waals surface area contributed by atoms with Crippen LogP contribution in [0.25, 0.3) is 0 Å². The first-order valence-electron chi connectivity index (χ1n) is 14.4. The molecule has 1 N–H and O–H groups in total. The van der Waals surface area contributed by atoms with E-state index in [1.807, 2.05) is 0 Å². The number of sulfonamides is 1. The Balaban J connectivity index is 1.72. The molecule has 0 radical (unpaired) electrons. The average Bonchev–Trinajstić information content (AvgIpc) is 2.98. The minimum atomic E-state index is -4.74. The minimum Gasteiger partial charge on any atom is -0.352 e. The number of anilines is 1. The van der Waals surface area contributed by atoms with Gasteiger partial charge in [-0.25, -0.2) is 8.42 Å². The van der Waals surface area contributed by atoms with Crippen LogP contribution in [0.1, 0.15) is 55.7 Å². The van der Waals surface area contributed by atoms with Crippen molar-refractivity contribution in [1.82, 2.24) is 10.2 Å². The number of hydrogen-bond acceptors (Lipinski definition) is 4. The van der Waals surface area contributed by atoms with Gasteiger partial charge in [0.25, 0.3) is 10.0 Å². The van der Waals surface area contributed by atoms with E-state index in [1.54, 1.807) is 50.2 Å². The van der Waals surface area contributed by atoms with Crippen LogP contribution in [0, 0.1) is 6.92 Å². The number of nitrogens with one attached hydrogen (secondary N) is 1. The number of halogens is 4. The highest BCUT2D eigenvalue weighted by molar-refractivity contribution is 9.10. The standard InChI is InChI=1S/C32H35BrF3N3O4S/c1-22-14-16-29(17-15-22)44(42,43)39(28-13-7-9-25(19-28)32(34,35)36)21-30(40)38(20-24-8-6-10-26(33)18-24)23(2)31(41)37-27-11-4-3-5-12-27/h6-10,13-19,23,27H,3-5,11-12,20-21H2,1-2H3,(H,37,41)/t23-/m1/s1. The molecule has 236 valence electrons. The lowest BCUT2D eigenvalue weighted by Gasteiger charge is -2.33. The predicted molar refractivity (Wildman–Crippen MR) is 166 cm³/mol. The van der Waals surface area contributed by atoms with Crippen LogP contribution >= 0.6 is 15.9 Å². The molecule has 1 atom stereocenters. The maximum Gasteiger partial charge on any atom is 0.416 e. The zero-order valence-electron chi connectivity index (χ0n) is 24.5. The number of alkyl halides is 3. The van der Waals surface area contributed by atoms with E-state index in [1.165, 1.54) is 23.1 Å². The van der Waals surface area contributed by atoms with Gasteiger partial charge in [0.1, 0.15) is 12.6 Å². The Morgan fingerprint density at radius 2 is 1.64 bits per heavy atom. The van der Waals surface area contributed by atoms with Crippen LogP contribution in [0.15, 0.2) is 82.2 Å². The zero-order chi connectivity index (χ0) is 32.1. The number of aryl methyl sites for hydroxylation is 1. The SMILES string of the molecule is Cc1ccc(S(=O)(=O)N(CC(=O)N(Cc2cccc(Br)c2)[C@H](C)C(=O)NC2CCCCC2)c2cccc(C(F)(F)F)c2)cc1. The summed E-state index contributed by atoms with van der Waals surface area (Å²) in [5.41, 5.74) is 0.0777. The highest BCUT2D eigenvalue weighted by atomic mass is 79.9. The smallest absolute Gasteiger partial charge is 0.352 e. The first kappa shape index (κ1) is 33.5. The van der Waals surface area contributed by atoms with Crippen molar-refractivity contribution < 1.29 is 31.2 Å². The van der Waals surface area contributed by atoms with E-state index in [0.717, 1.165) is 54.3 Å². The summed E-state index contributed by atoms with van der Waals surface area (Å²) in [5.74, 6) is -1.13. The average molecular weight is 695 g/mol. The van der Waals surface area contributed by atoms with Crippen molar-refractivity contribution in [3.8, 4) is 0 Å². The van der Waals surface area contributed by atoms with Gasteiger partial charge in [-0.1, -0.05) is 71.1 Å². The summed E-state index contributed by atoms with van der Waals surface area (Å²) in [6.07, 6.45) is -0.00794. The molecule has 12 heteroatoms. The first-order chi connectivity index (χ1) is 20.8. The Labute approximate surface area is 264 Å². The minimum absolute atomic E-state index is 0.0231. The lowest BCUT2D eigenvalue weighted by molar-refractivity contribution is -0.139. The van der Waals surface area contributed by atoms with Crippen molar-refractivity contribution in [3.05, 3.63) is 94.0 Å². The monoisotopic (exact) mass is 693 g/mol. The second-order valence-electron chi connectivity index (χ2n) is 11.0. The van der Waals surface area contributed by atoms with Crippen molar-refractivity contribution >= 4 is 43.5 Å². The van der Waals surface area contributed by atoms with E-state index in [2.05, 4.69) is 21.2 Å². The van der Waals surface area contributed by atoms with Gasteiger partial charge in [0, 0.05) is 17.1 Å². The third-order valence-corrected chi connectivity index (χ3v) is 9.99. The van der Waals surface area contributed by atoms with Crippen LogP contribution in [0.3, 0.4) is 0 Å². The molecule has 0 aliphatic heterocycles. The number of carbonyl (C=O) groups excluding carboxylic acids is 2. The lowest BCUT2D eigenvalue weighted by atomic mass is 9.95. The molecule has 0 unspecified atom stereocenters. The molecule has 0 aromatic heterocycles.